The summed E-state index contributed by atoms with van der Waals surface area (Å²) in [6.07, 6.45) is 0.215. The summed E-state index contributed by atoms with van der Waals surface area (Å²) in [5.74, 6) is -0.575. The SMILES string of the molecule is CCOc1cc(C(C)C)c(/C=C/C(O)CC(O)CC(=O)[O-])c(-c2ccc(F)cc2)c1OCC.[Na+]. The quantitative estimate of drug-likeness (QED) is 0.432. The zero-order valence-corrected chi connectivity index (χ0v) is 22.5. The fraction of sp³-hybridized carbons (Fsp3) is 0.423. The molecule has 0 aliphatic carbocycles. The van der Waals surface area contributed by atoms with E-state index in [0.717, 1.165) is 16.7 Å². The van der Waals surface area contributed by atoms with Gasteiger partial charge in [-0.05, 0) is 54.7 Å². The second-order valence-corrected chi connectivity index (χ2v) is 8.00. The average molecular weight is 483 g/mol. The number of carbonyl (C=O) groups excluding carboxylic acids is 1. The molecule has 0 aliphatic rings. The first kappa shape index (κ1) is 30.1. The molecule has 0 radical (unpaired) electrons. The largest absolute Gasteiger partial charge is 1.00 e. The van der Waals surface area contributed by atoms with E-state index in [-0.39, 0.29) is 47.7 Å². The first-order chi connectivity index (χ1) is 15.7. The van der Waals surface area contributed by atoms with Gasteiger partial charge in [0.05, 0.1) is 25.4 Å². The van der Waals surface area contributed by atoms with Gasteiger partial charge in [-0.2, -0.15) is 0 Å². The minimum Gasteiger partial charge on any atom is -0.550 e. The Morgan fingerprint density at radius 2 is 1.74 bits per heavy atom. The van der Waals surface area contributed by atoms with Crippen LogP contribution in [0.25, 0.3) is 17.2 Å². The molecule has 0 aromatic heterocycles. The van der Waals surface area contributed by atoms with E-state index < -0.39 is 24.6 Å². The zero-order valence-electron chi connectivity index (χ0n) is 20.5. The molecule has 0 fully saturated rings. The van der Waals surface area contributed by atoms with Crippen molar-refractivity contribution in [2.24, 2.45) is 0 Å². The number of hydrogen-bond donors (Lipinski definition) is 2. The monoisotopic (exact) mass is 482 g/mol. The summed E-state index contributed by atoms with van der Waals surface area (Å²) in [6.45, 7) is 8.61. The fourth-order valence-electron chi connectivity index (χ4n) is 3.63. The third kappa shape index (κ3) is 8.40. The van der Waals surface area contributed by atoms with Gasteiger partial charge in [0.1, 0.15) is 5.82 Å². The van der Waals surface area contributed by atoms with Crippen molar-refractivity contribution in [1.29, 1.82) is 0 Å². The molecule has 6 nitrogen and oxygen atoms in total. The van der Waals surface area contributed by atoms with Gasteiger partial charge in [0, 0.05) is 24.4 Å². The molecule has 0 aliphatic heterocycles. The maximum absolute atomic E-state index is 13.7. The van der Waals surface area contributed by atoms with Crippen molar-refractivity contribution in [3.63, 3.8) is 0 Å². The molecular weight excluding hydrogens is 450 g/mol. The predicted octanol–water partition coefficient (Wildman–Crippen LogP) is 0.683. The van der Waals surface area contributed by atoms with Crippen LogP contribution >= 0.6 is 0 Å². The number of aliphatic carboxylic acids is 1. The summed E-state index contributed by atoms with van der Waals surface area (Å²) < 4.78 is 25.5. The average Bonchev–Trinajstić information content (AvgIpc) is 2.73. The number of rotatable bonds is 12. The van der Waals surface area contributed by atoms with Gasteiger partial charge in [-0.25, -0.2) is 4.39 Å². The Bertz CT molecular complexity index is 959. The molecule has 180 valence electrons. The Hall–Kier alpha value is -1.90. The molecule has 2 aromatic carbocycles. The van der Waals surface area contributed by atoms with E-state index in [4.69, 9.17) is 9.47 Å². The van der Waals surface area contributed by atoms with Gasteiger partial charge in [0.25, 0.3) is 0 Å². The van der Waals surface area contributed by atoms with Gasteiger partial charge < -0.3 is 29.6 Å². The molecular formula is C26H32FNaO6. The standard InChI is InChI=1S/C26H33FO6.Na/c1-5-32-23-15-22(16(3)4)21(12-11-19(28)13-20(29)14-24(30)31)25(26(23)33-6-2)17-7-9-18(27)10-8-17;/h7-12,15-16,19-20,28-29H,5-6,13-14H2,1-4H3,(H,30,31);/q;+1/p-1/b12-11+;. The van der Waals surface area contributed by atoms with Gasteiger partial charge in [0.2, 0.25) is 0 Å². The summed E-state index contributed by atoms with van der Waals surface area (Å²) in [6, 6.07) is 7.95. The van der Waals surface area contributed by atoms with Crippen molar-refractivity contribution in [2.75, 3.05) is 13.2 Å². The van der Waals surface area contributed by atoms with Crippen molar-refractivity contribution in [2.45, 2.75) is 58.7 Å². The van der Waals surface area contributed by atoms with E-state index in [1.54, 1.807) is 18.2 Å². The van der Waals surface area contributed by atoms with Gasteiger partial charge in [-0.15, -0.1) is 0 Å². The molecule has 0 amide bonds. The molecule has 0 heterocycles. The van der Waals surface area contributed by atoms with Gasteiger partial charge in [-0.3, -0.25) is 0 Å². The first-order valence-electron chi connectivity index (χ1n) is 11.1. The molecule has 0 spiro atoms. The number of carboxylic acids is 1. The molecule has 2 aromatic rings. The number of carbonyl (C=O) groups is 1. The van der Waals surface area contributed by atoms with Crippen LogP contribution in [0.2, 0.25) is 0 Å². The summed E-state index contributed by atoms with van der Waals surface area (Å²) >= 11 is 0. The maximum Gasteiger partial charge on any atom is 1.00 e. The van der Waals surface area contributed by atoms with Crippen LogP contribution in [0.3, 0.4) is 0 Å². The van der Waals surface area contributed by atoms with Gasteiger partial charge in [-0.1, -0.05) is 38.1 Å². The van der Waals surface area contributed by atoms with Crippen LogP contribution < -0.4 is 44.1 Å². The number of carboxylic acid groups (broad SMARTS) is 1. The molecule has 8 heteroatoms. The molecule has 2 unspecified atom stereocenters. The van der Waals surface area contributed by atoms with Crippen molar-refractivity contribution in [1.82, 2.24) is 0 Å². The van der Waals surface area contributed by atoms with Crippen LogP contribution in [-0.2, 0) is 4.79 Å². The normalized spacial score (nSPS) is 12.9. The number of benzene rings is 2. The topological polar surface area (TPSA) is 99.0 Å². The maximum atomic E-state index is 13.7. The van der Waals surface area contributed by atoms with E-state index in [9.17, 15) is 24.5 Å². The van der Waals surface area contributed by atoms with E-state index in [1.165, 1.54) is 18.2 Å². The fourth-order valence-corrected chi connectivity index (χ4v) is 3.63. The van der Waals surface area contributed by atoms with Crippen molar-refractivity contribution >= 4 is 12.0 Å². The third-order valence-electron chi connectivity index (χ3n) is 5.06. The number of ether oxygens (including phenoxy) is 2. The van der Waals surface area contributed by atoms with Crippen molar-refractivity contribution in [3.8, 4) is 22.6 Å². The van der Waals surface area contributed by atoms with Crippen LogP contribution in [0, 0.1) is 5.82 Å². The summed E-state index contributed by atoms with van der Waals surface area (Å²) in [5, 5.41) is 30.9. The molecule has 2 rings (SSSR count). The Morgan fingerprint density at radius 1 is 1.12 bits per heavy atom. The molecule has 2 N–H and O–H groups in total. The van der Waals surface area contributed by atoms with Crippen LogP contribution in [-0.4, -0.2) is 41.6 Å². The Labute approximate surface area is 222 Å². The van der Waals surface area contributed by atoms with E-state index in [1.807, 2.05) is 33.8 Å². The number of halogens is 1. The summed E-state index contributed by atoms with van der Waals surface area (Å²) in [7, 11) is 0. The summed E-state index contributed by atoms with van der Waals surface area (Å²) in [5.41, 5.74) is 3.11. The van der Waals surface area contributed by atoms with E-state index in [0.29, 0.717) is 30.3 Å². The Kier molecular flexibility index (Phi) is 12.8. The smallest absolute Gasteiger partial charge is 0.550 e. The zero-order chi connectivity index (χ0) is 24.5. The third-order valence-corrected chi connectivity index (χ3v) is 5.06. The number of aliphatic hydroxyl groups excluding tert-OH is 2. The number of hydrogen-bond acceptors (Lipinski definition) is 6. The molecule has 0 saturated heterocycles. The summed E-state index contributed by atoms with van der Waals surface area (Å²) in [4.78, 5) is 10.7. The van der Waals surface area contributed by atoms with E-state index >= 15 is 0 Å². The molecule has 0 saturated carbocycles. The minimum absolute atomic E-state index is 0. The van der Waals surface area contributed by atoms with E-state index in [2.05, 4.69) is 0 Å². The minimum atomic E-state index is -1.38. The van der Waals surface area contributed by atoms with Gasteiger partial charge in [0.15, 0.2) is 11.5 Å². The Morgan fingerprint density at radius 3 is 2.26 bits per heavy atom. The molecule has 34 heavy (non-hydrogen) atoms. The van der Waals surface area contributed by atoms with Crippen molar-refractivity contribution < 1.29 is 63.5 Å². The van der Waals surface area contributed by atoms with Crippen LogP contribution in [0.1, 0.15) is 57.6 Å². The van der Waals surface area contributed by atoms with Crippen LogP contribution in [0.5, 0.6) is 11.5 Å². The molecule has 2 atom stereocenters. The number of aliphatic hydroxyl groups is 2. The second kappa shape index (κ2) is 14.5. The Balaban J connectivity index is 0.00000578. The predicted molar refractivity (Wildman–Crippen MR) is 124 cm³/mol. The second-order valence-electron chi connectivity index (χ2n) is 8.00. The van der Waals surface area contributed by atoms with Crippen LogP contribution in [0.4, 0.5) is 4.39 Å². The molecule has 0 bridgehead atoms. The van der Waals surface area contributed by atoms with Gasteiger partial charge >= 0.3 is 29.6 Å². The van der Waals surface area contributed by atoms with Crippen LogP contribution in [0.15, 0.2) is 36.4 Å². The first-order valence-corrected chi connectivity index (χ1v) is 11.1. The van der Waals surface area contributed by atoms with Crippen molar-refractivity contribution in [3.05, 3.63) is 53.4 Å².